The number of amides is 1. The molecule has 13 heteroatoms. The summed E-state index contributed by atoms with van der Waals surface area (Å²) >= 11 is 0. The maximum Gasteiger partial charge on any atom is 0.417 e. The highest BCUT2D eigenvalue weighted by molar-refractivity contribution is 5.79. The third-order valence-electron chi connectivity index (χ3n) is 6.04. The van der Waals surface area contributed by atoms with Gasteiger partial charge in [-0.1, -0.05) is 18.2 Å². The lowest BCUT2D eigenvalue weighted by Gasteiger charge is -2.34. The number of hydrogen-bond acceptors (Lipinski definition) is 4. The van der Waals surface area contributed by atoms with Crippen molar-refractivity contribution in [3.8, 4) is 11.4 Å². The lowest BCUT2D eigenvalue weighted by molar-refractivity contribution is -0.137. The molecule has 1 saturated carbocycles. The normalized spacial score (nSPS) is 17.4. The van der Waals surface area contributed by atoms with Crippen LogP contribution in [-0.2, 0) is 28.9 Å². The van der Waals surface area contributed by atoms with Gasteiger partial charge in [0.1, 0.15) is 23.2 Å². The number of hydrogen-bond donors (Lipinski definition) is 2. The van der Waals surface area contributed by atoms with Gasteiger partial charge in [0.15, 0.2) is 0 Å². The number of alkyl halides is 5. The molecule has 0 radical (unpaired) electrons. The summed E-state index contributed by atoms with van der Waals surface area (Å²) in [6, 6.07) is 7.58. The summed E-state index contributed by atoms with van der Waals surface area (Å²) in [5.74, 6) is -3.85. The maximum atomic E-state index is 15.3. The van der Waals surface area contributed by atoms with E-state index in [0.717, 1.165) is 6.07 Å². The van der Waals surface area contributed by atoms with Crippen molar-refractivity contribution in [1.29, 1.82) is 0 Å². The summed E-state index contributed by atoms with van der Waals surface area (Å²) in [5.41, 5.74) is -4.79. The molecule has 1 aliphatic rings. The minimum Gasteiger partial charge on any atom is -0.373 e. The first-order chi connectivity index (χ1) is 17.9. The Morgan fingerprint density at radius 3 is 2.53 bits per heavy atom. The number of H-pyrrole nitrogens is 1. The zero-order valence-corrected chi connectivity index (χ0v) is 19.4. The van der Waals surface area contributed by atoms with Crippen LogP contribution in [0.1, 0.15) is 41.7 Å². The number of carbonyl (C=O) groups is 1. The summed E-state index contributed by atoms with van der Waals surface area (Å²) in [6.45, 7) is -0.348. The van der Waals surface area contributed by atoms with Gasteiger partial charge in [0.2, 0.25) is 5.91 Å². The van der Waals surface area contributed by atoms with Crippen molar-refractivity contribution in [1.82, 2.24) is 15.3 Å². The number of aromatic amines is 1. The van der Waals surface area contributed by atoms with Gasteiger partial charge in [-0.25, -0.2) is 22.5 Å². The number of ether oxygens (including phenoxy) is 1. The van der Waals surface area contributed by atoms with Crippen molar-refractivity contribution in [3.05, 3.63) is 86.8 Å². The largest absolute Gasteiger partial charge is 0.417 e. The second-order valence-corrected chi connectivity index (χ2v) is 8.73. The molecule has 1 aromatic heterocycles. The van der Waals surface area contributed by atoms with E-state index in [1.54, 1.807) is 12.1 Å². The summed E-state index contributed by atoms with van der Waals surface area (Å²) < 4.78 is 101. The van der Waals surface area contributed by atoms with Gasteiger partial charge in [-0.2, -0.15) is 13.2 Å². The molecular weight excluding hydrogens is 523 g/mol. The van der Waals surface area contributed by atoms with Gasteiger partial charge in [0.25, 0.3) is 12.0 Å². The number of carbonyl (C=O) groups excluding carboxylic acids is 1. The summed E-state index contributed by atoms with van der Waals surface area (Å²) in [5, 5.41) is 2.44. The molecule has 0 aliphatic heterocycles. The number of nitrogens with one attached hydrogen (secondary N) is 2. The van der Waals surface area contributed by atoms with Crippen molar-refractivity contribution < 1.29 is 40.3 Å². The summed E-state index contributed by atoms with van der Waals surface area (Å²) in [6.07, 6.45) is -7.95. The standard InChI is InChI=1S/C25H20F7N3O3/c26-15-3-1-2-12(6-15)11-38-16-7-14(8-16)24(37)33-10-13-4-5-17(25(30,31)32)20(21(13)27)23-34-18(22(28)29)9-19(36)35-23/h1-6,9,14,16,22H,7-8,10-11H2,(H,33,37)(H,34,35,36)/t14-,16-. The molecule has 2 aromatic carbocycles. The predicted molar refractivity (Wildman–Crippen MR) is 120 cm³/mol. The van der Waals surface area contributed by atoms with E-state index >= 15 is 4.39 Å². The zero-order chi connectivity index (χ0) is 27.6. The highest BCUT2D eigenvalue weighted by Gasteiger charge is 2.38. The SMILES string of the molecule is O=c1cc(C(F)F)nc(-c2c(C(F)(F)F)ccc(CNC(=O)[C@H]3C[C@H](OCc4cccc(F)c4)C3)c2F)[nH]1. The van der Waals surface area contributed by atoms with Crippen LogP contribution in [0.2, 0.25) is 0 Å². The second-order valence-electron chi connectivity index (χ2n) is 8.73. The molecule has 1 aliphatic carbocycles. The van der Waals surface area contributed by atoms with Crippen LogP contribution in [0.25, 0.3) is 11.4 Å². The Kier molecular flexibility index (Phi) is 7.86. The maximum absolute atomic E-state index is 15.3. The van der Waals surface area contributed by atoms with Gasteiger partial charge in [0.05, 0.1) is 23.8 Å². The molecule has 0 bridgehead atoms. The van der Waals surface area contributed by atoms with Crippen molar-refractivity contribution in [2.75, 3.05) is 0 Å². The van der Waals surface area contributed by atoms with Crippen LogP contribution < -0.4 is 10.9 Å². The van der Waals surface area contributed by atoms with Crippen LogP contribution in [0.15, 0.2) is 47.3 Å². The van der Waals surface area contributed by atoms with Crippen LogP contribution in [-0.4, -0.2) is 22.0 Å². The smallest absolute Gasteiger partial charge is 0.373 e. The molecule has 1 fully saturated rings. The van der Waals surface area contributed by atoms with Crippen LogP contribution in [0.3, 0.4) is 0 Å². The molecule has 0 spiro atoms. The van der Waals surface area contributed by atoms with Crippen LogP contribution >= 0.6 is 0 Å². The van der Waals surface area contributed by atoms with E-state index in [1.165, 1.54) is 12.1 Å². The molecule has 6 nitrogen and oxygen atoms in total. The van der Waals surface area contributed by atoms with Crippen LogP contribution in [0.5, 0.6) is 0 Å². The molecule has 0 saturated heterocycles. The Bertz CT molecular complexity index is 1390. The van der Waals surface area contributed by atoms with E-state index in [9.17, 15) is 35.9 Å². The number of halogens is 7. The molecule has 0 atom stereocenters. The van der Waals surface area contributed by atoms with E-state index in [1.807, 2.05) is 4.98 Å². The fraction of sp³-hybridized carbons (Fsp3) is 0.320. The molecule has 0 unspecified atom stereocenters. The number of nitrogens with zero attached hydrogens (tertiary/aromatic N) is 1. The van der Waals surface area contributed by atoms with E-state index in [0.29, 0.717) is 30.5 Å². The molecule has 1 amide bonds. The highest BCUT2D eigenvalue weighted by atomic mass is 19.4. The van der Waals surface area contributed by atoms with Gasteiger partial charge in [-0.15, -0.1) is 0 Å². The first-order valence-electron chi connectivity index (χ1n) is 11.3. The Labute approximate surface area is 210 Å². The third kappa shape index (κ3) is 6.21. The zero-order valence-electron chi connectivity index (χ0n) is 19.4. The molecule has 38 heavy (non-hydrogen) atoms. The Morgan fingerprint density at radius 1 is 1.13 bits per heavy atom. The lowest BCUT2D eigenvalue weighted by atomic mass is 9.81. The average molecular weight is 543 g/mol. The lowest BCUT2D eigenvalue weighted by Crippen LogP contribution is -2.42. The highest BCUT2D eigenvalue weighted by Crippen LogP contribution is 2.39. The van der Waals surface area contributed by atoms with E-state index < -0.39 is 70.8 Å². The fourth-order valence-corrected chi connectivity index (χ4v) is 4.01. The van der Waals surface area contributed by atoms with Crippen LogP contribution in [0.4, 0.5) is 30.7 Å². The van der Waals surface area contributed by atoms with Crippen molar-refractivity contribution >= 4 is 5.91 Å². The first-order valence-corrected chi connectivity index (χ1v) is 11.3. The van der Waals surface area contributed by atoms with Gasteiger partial charge in [-0.3, -0.25) is 9.59 Å². The van der Waals surface area contributed by atoms with Gasteiger partial charge < -0.3 is 15.0 Å². The second kappa shape index (κ2) is 10.9. The molecule has 3 aromatic rings. The molecule has 4 rings (SSSR count). The minimum absolute atomic E-state index is 0.152. The quantitative estimate of drug-likeness (QED) is 0.379. The van der Waals surface area contributed by atoms with Gasteiger partial charge in [0, 0.05) is 24.1 Å². The first kappa shape index (κ1) is 27.3. The van der Waals surface area contributed by atoms with Crippen molar-refractivity contribution in [2.45, 2.75) is 44.7 Å². The monoisotopic (exact) mass is 543 g/mol. The topological polar surface area (TPSA) is 84.1 Å². The third-order valence-corrected chi connectivity index (χ3v) is 6.04. The Morgan fingerprint density at radius 2 is 1.87 bits per heavy atom. The molecular formula is C25H20F7N3O3. The average Bonchev–Trinajstić information content (AvgIpc) is 2.81. The van der Waals surface area contributed by atoms with E-state index in [-0.39, 0.29) is 18.3 Å². The molecule has 2 N–H and O–H groups in total. The van der Waals surface area contributed by atoms with E-state index in [2.05, 4.69) is 10.3 Å². The summed E-state index contributed by atoms with van der Waals surface area (Å²) in [7, 11) is 0. The molecule has 1 heterocycles. The van der Waals surface area contributed by atoms with Gasteiger partial charge >= 0.3 is 6.18 Å². The number of benzene rings is 2. The molecule has 202 valence electrons. The van der Waals surface area contributed by atoms with Crippen LogP contribution in [0, 0.1) is 17.6 Å². The Hall–Kier alpha value is -3.74. The minimum atomic E-state index is -5.09. The fourth-order valence-electron chi connectivity index (χ4n) is 4.01. The number of aromatic nitrogens is 2. The van der Waals surface area contributed by atoms with Gasteiger partial charge in [-0.05, 0) is 36.6 Å². The van der Waals surface area contributed by atoms with Crippen molar-refractivity contribution in [2.24, 2.45) is 5.92 Å². The predicted octanol–water partition coefficient (Wildman–Crippen LogP) is 5.28. The summed E-state index contributed by atoms with van der Waals surface area (Å²) in [4.78, 5) is 29.4. The number of rotatable bonds is 8. The van der Waals surface area contributed by atoms with Crippen molar-refractivity contribution in [3.63, 3.8) is 0 Å². The Balaban J connectivity index is 1.44. The van der Waals surface area contributed by atoms with E-state index in [4.69, 9.17) is 4.74 Å².